The number of carbonyl (C=O) groups excluding carboxylic acids is 2. The molecule has 1 fully saturated rings. The van der Waals surface area contributed by atoms with Crippen LogP contribution in [-0.2, 0) is 4.79 Å². The minimum absolute atomic E-state index is 0.0224. The van der Waals surface area contributed by atoms with E-state index in [1.165, 1.54) is 25.3 Å². The molecule has 0 aromatic carbocycles. The zero-order valence-electron chi connectivity index (χ0n) is 10.1. The molecule has 2 N–H and O–H groups in total. The number of rotatable bonds is 2. The van der Waals surface area contributed by atoms with Crippen molar-refractivity contribution in [3.63, 3.8) is 0 Å². The van der Waals surface area contributed by atoms with E-state index >= 15 is 0 Å². The van der Waals surface area contributed by atoms with Crippen molar-refractivity contribution in [1.29, 1.82) is 0 Å². The van der Waals surface area contributed by atoms with Crippen molar-refractivity contribution in [3.05, 3.63) is 34.2 Å². The number of likely N-dealkylation sites (tertiary alicyclic amines) is 1. The summed E-state index contributed by atoms with van der Waals surface area (Å²) in [6.07, 6.45) is 2.17. The van der Waals surface area contributed by atoms with Crippen LogP contribution in [0.15, 0.2) is 23.1 Å². The highest BCUT2D eigenvalue weighted by molar-refractivity contribution is 5.94. The molecule has 96 valence electrons. The number of hydrogen-bond donors (Lipinski definition) is 2. The molecule has 1 aromatic heterocycles. The number of pyridine rings is 1. The third-order valence-electron chi connectivity index (χ3n) is 2.91. The van der Waals surface area contributed by atoms with Crippen LogP contribution in [-0.4, -0.2) is 40.8 Å². The number of H-pyrrole nitrogens is 1. The molecule has 2 heterocycles. The van der Waals surface area contributed by atoms with Gasteiger partial charge in [0.05, 0.1) is 5.56 Å². The summed E-state index contributed by atoms with van der Waals surface area (Å²) in [5.41, 5.74) is 0.224. The van der Waals surface area contributed by atoms with Crippen molar-refractivity contribution in [3.8, 4) is 0 Å². The van der Waals surface area contributed by atoms with Gasteiger partial charge >= 0.3 is 0 Å². The molecule has 0 spiro atoms. The van der Waals surface area contributed by atoms with Crippen LogP contribution in [0.25, 0.3) is 0 Å². The van der Waals surface area contributed by atoms with Crippen molar-refractivity contribution in [2.24, 2.45) is 0 Å². The van der Waals surface area contributed by atoms with E-state index in [2.05, 4.69) is 10.3 Å². The summed E-state index contributed by atoms with van der Waals surface area (Å²) in [6.45, 7) is 2.59. The number of nitrogens with one attached hydrogen (secondary N) is 2. The number of carbonyl (C=O) groups is 2. The lowest BCUT2D eigenvalue weighted by Gasteiger charge is -2.16. The Balaban J connectivity index is 2.01. The van der Waals surface area contributed by atoms with Gasteiger partial charge in [-0.05, 0) is 12.5 Å². The second-order valence-corrected chi connectivity index (χ2v) is 4.38. The highest BCUT2D eigenvalue weighted by Crippen LogP contribution is 2.12. The minimum Gasteiger partial charge on any atom is -0.352 e. The lowest BCUT2D eigenvalue weighted by molar-refractivity contribution is -0.119. The lowest BCUT2D eigenvalue weighted by Crippen LogP contribution is -2.37. The van der Waals surface area contributed by atoms with Crippen LogP contribution >= 0.6 is 0 Å². The second-order valence-electron chi connectivity index (χ2n) is 4.38. The quantitative estimate of drug-likeness (QED) is 0.756. The smallest absolute Gasteiger partial charge is 0.255 e. The van der Waals surface area contributed by atoms with Crippen molar-refractivity contribution in [1.82, 2.24) is 15.2 Å². The molecule has 1 saturated heterocycles. The van der Waals surface area contributed by atoms with Crippen molar-refractivity contribution >= 4 is 11.8 Å². The first-order chi connectivity index (χ1) is 8.56. The third-order valence-corrected chi connectivity index (χ3v) is 2.91. The summed E-state index contributed by atoms with van der Waals surface area (Å²) >= 11 is 0. The van der Waals surface area contributed by atoms with Crippen LogP contribution in [0.4, 0.5) is 0 Å². The number of nitrogens with zero attached hydrogens (tertiary/aromatic N) is 1. The van der Waals surface area contributed by atoms with Gasteiger partial charge in [0, 0.05) is 38.3 Å². The van der Waals surface area contributed by atoms with Crippen molar-refractivity contribution < 1.29 is 9.59 Å². The van der Waals surface area contributed by atoms with Gasteiger partial charge in [0.25, 0.3) is 5.91 Å². The van der Waals surface area contributed by atoms with Crippen LogP contribution in [0.5, 0.6) is 0 Å². The van der Waals surface area contributed by atoms with Gasteiger partial charge in [-0.1, -0.05) is 0 Å². The summed E-state index contributed by atoms with van der Waals surface area (Å²) in [7, 11) is 0. The third kappa shape index (κ3) is 2.77. The molecular formula is C12H15N3O3. The fourth-order valence-corrected chi connectivity index (χ4v) is 2.08. The number of hydrogen-bond acceptors (Lipinski definition) is 3. The van der Waals surface area contributed by atoms with Crippen LogP contribution in [0.1, 0.15) is 23.7 Å². The van der Waals surface area contributed by atoms with Gasteiger partial charge in [-0.3, -0.25) is 14.4 Å². The maximum absolute atomic E-state index is 12.1. The average Bonchev–Trinajstić information content (AvgIpc) is 2.76. The van der Waals surface area contributed by atoms with Crippen LogP contribution in [0, 0.1) is 0 Å². The normalized spacial score (nSPS) is 18.7. The number of aromatic nitrogens is 1. The Morgan fingerprint density at radius 1 is 1.44 bits per heavy atom. The van der Waals surface area contributed by atoms with E-state index in [0.717, 1.165) is 6.42 Å². The van der Waals surface area contributed by atoms with E-state index in [4.69, 9.17) is 0 Å². The van der Waals surface area contributed by atoms with Gasteiger partial charge in [-0.25, -0.2) is 0 Å². The molecule has 1 aromatic rings. The van der Waals surface area contributed by atoms with E-state index in [1.807, 2.05) is 0 Å². The molecule has 1 atom stereocenters. The van der Waals surface area contributed by atoms with Gasteiger partial charge in [0.15, 0.2) is 0 Å². The zero-order chi connectivity index (χ0) is 13.1. The van der Waals surface area contributed by atoms with Crippen LogP contribution in [0.2, 0.25) is 0 Å². The Bertz CT molecular complexity index is 503. The first-order valence-corrected chi connectivity index (χ1v) is 5.81. The molecule has 1 aliphatic heterocycles. The molecule has 6 nitrogen and oxygen atoms in total. The van der Waals surface area contributed by atoms with Gasteiger partial charge in [-0.2, -0.15) is 0 Å². The van der Waals surface area contributed by atoms with Crippen molar-refractivity contribution in [2.45, 2.75) is 19.4 Å². The molecule has 0 saturated carbocycles. The Morgan fingerprint density at radius 3 is 2.83 bits per heavy atom. The van der Waals surface area contributed by atoms with Crippen LogP contribution < -0.4 is 10.9 Å². The maximum atomic E-state index is 12.1. The predicted molar refractivity (Wildman–Crippen MR) is 65.2 cm³/mol. The highest BCUT2D eigenvalue weighted by Gasteiger charge is 2.27. The first kappa shape index (κ1) is 12.3. The molecule has 2 amide bonds. The minimum atomic E-state index is -0.232. The topological polar surface area (TPSA) is 82.3 Å². The van der Waals surface area contributed by atoms with Gasteiger partial charge < -0.3 is 15.2 Å². The summed E-state index contributed by atoms with van der Waals surface area (Å²) in [5, 5.41) is 2.80. The van der Waals surface area contributed by atoms with Gasteiger partial charge in [0.2, 0.25) is 11.5 Å². The van der Waals surface area contributed by atoms with Gasteiger partial charge in [0.1, 0.15) is 0 Å². The van der Waals surface area contributed by atoms with Gasteiger partial charge in [-0.15, -0.1) is 0 Å². The second kappa shape index (κ2) is 5.03. The Labute approximate surface area is 104 Å². The van der Waals surface area contributed by atoms with E-state index < -0.39 is 0 Å². The molecular weight excluding hydrogens is 234 g/mol. The Kier molecular flexibility index (Phi) is 3.45. The molecule has 0 aliphatic carbocycles. The fraction of sp³-hybridized carbons (Fsp3) is 0.417. The molecule has 0 bridgehead atoms. The number of amides is 2. The largest absolute Gasteiger partial charge is 0.352 e. The molecule has 18 heavy (non-hydrogen) atoms. The molecule has 0 radical (unpaired) electrons. The van der Waals surface area contributed by atoms with Crippen molar-refractivity contribution in [2.75, 3.05) is 13.1 Å². The first-order valence-electron chi connectivity index (χ1n) is 5.81. The summed E-state index contributed by atoms with van der Waals surface area (Å²) in [5.74, 6) is -0.211. The van der Waals surface area contributed by atoms with E-state index in [9.17, 15) is 14.4 Å². The fourth-order valence-electron chi connectivity index (χ4n) is 2.08. The summed E-state index contributed by atoms with van der Waals surface area (Å²) in [4.78, 5) is 38.1. The molecule has 2 rings (SSSR count). The van der Waals surface area contributed by atoms with Crippen LogP contribution in [0.3, 0.4) is 0 Å². The SMILES string of the molecule is CC(=O)NC1CCN(C(=O)c2ccc(=O)[nH]c2)C1. The maximum Gasteiger partial charge on any atom is 0.255 e. The standard InChI is InChI=1S/C12H15N3O3/c1-8(16)14-10-4-5-15(7-10)12(18)9-2-3-11(17)13-6-9/h2-3,6,10H,4-5,7H2,1H3,(H,13,17)(H,14,16). The Morgan fingerprint density at radius 2 is 2.22 bits per heavy atom. The Hall–Kier alpha value is -2.11. The highest BCUT2D eigenvalue weighted by atomic mass is 16.2. The average molecular weight is 249 g/mol. The van der Waals surface area contributed by atoms with E-state index in [1.54, 1.807) is 4.90 Å². The zero-order valence-corrected chi connectivity index (χ0v) is 10.1. The monoisotopic (exact) mass is 249 g/mol. The lowest BCUT2D eigenvalue weighted by atomic mass is 10.2. The predicted octanol–water partition coefficient (Wildman–Crippen LogP) is -0.274. The van der Waals surface area contributed by atoms with E-state index in [-0.39, 0.29) is 23.4 Å². The molecule has 1 unspecified atom stereocenters. The van der Waals surface area contributed by atoms with E-state index in [0.29, 0.717) is 18.7 Å². The summed E-state index contributed by atoms with van der Waals surface area (Å²) < 4.78 is 0. The summed E-state index contributed by atoms with van der Waals surface area (Å²) in [6, 6.07) is 2.86. The molecule has 1 aliphatic rings. The number of aromatic amines is 1. The molecule has 6 heteroatoms.